The quantitative estimate of drug-likeness (QED) is 0.770. The van der Waals surface area contributed by atoms with E-state index < -0.39 is 18.0 Å². The summed E-state index contributed by atoms with van der Waals surface area (Å²) < 4.78 is 16.1. The summed E-state index contributed by atoms with van der Waals surface area (Å²) in [6.07, 6.45) is 0. The van der Waals surface area contributed by atoms with Crippen LogP contribution in [-0.2, 0) is 4.74 Å². The summed E-state index contributed by atoms with van der Waals surface area (Å²) in [6.45, 7) is 0.334. The number of ether oxygens (including phenoxy) is 3. The lowest BCUT2D eigenvalue weighted by Gasteiger charge is -2.27. The van der Waals surface area contributed by atoms with Gasteiger partial charge in [0.25, 0.3) is 17.7 Å². The number of fused-ring (bicyclic) bond motifs is 1. The van der Waals surface area contributed by atoms with Gasteiger partial charge in [0.2, 0.25) is 0 Å². The van der Waals surface area contributed by atoms with Crippen molar-refractivity contribution >= 4 is 17.7 Å². The zero-order chi connectivity index (χ0) is 20.5. The molecular formula is C21H20N2O6. The van der Waals surface area contributed by atoms with Crippen molar-refractivity contribution in [1.29, 1.82) is 0 Å². The van der Waals surface area contributed by atoms with Gasteiger partial charge in [0.1, 0.15) is 17.1 Å². The van der Waals surface area contributed by atoms with E-state index in [0.29, 0.717) is 22.6 Å². The number of carbonyl (C=O) groups excluding carboxylic acids is 3. The Labute approximate surface area is 167 Å². The van der Waals surface area contributed by atoms with E-state index in [1.165, 1.54) is 19.1 Å². The average Bonchev–Trinajstić information content (AvgIpc) is 3.29. The summed E-state index contributed by atoms with van der Waals surface area (Å²) in [5.41, 5.74) is 0.965. The second kappa shape index (κ2) is 7.56. The van der Waals surface area contributed by atoms with E-state index in [1.807, 2.05) is 0 Å². The first-order valence-electron chi connectivity index (χ1n) is 9.13. The molecule has 1 N–H and O–H groups in total. The molecular weight excluding hydrogens is 376 g/mol. The molecule has 2 aliphatic rings. The van der Waals surface area contributed by atoms with E-state index in [2.05, 4.69) is 5.32 Å². The number of hydrogen-bond acceptors (Lipinski definition) is 6. The van der Waals surface area contributed by atoms with Gasteiger partial charge in [-0.05, 0) is 24.3 Å². The summed E-state index contributed by atoms with van der Waals surface area (Å²) in [5.74, 6) is -0.474. The maximum atomic E-state index is 13.0. The van der Waals surface area contributed by atoms with Crippen molar-refractivity contribution in [3.63, 3.8) is 0 Å². The predicted molar refractivity (Wildman–Crippen MR) is 102 cm³/mol. The Kier molecular flexibility index (Phi) is 4.94. The number of nitrogens with one attached hydrogen (secondary N) is 1. The van der Waals surface area contributed by atoms with Crippen LogP contribution in [0.2, 0.25) is 0 Å². The van der Waals surface area contributed by atoms with Gasteiger partial charge in [-0.2, -0.15) is 0 Å². The minimum Gasteiger partial charge on any atom is -0.496 e. The van der Waals surface area contributed by atoms with Gasteiger partial charge in [-0.1, -0.05) is 18.2 Å². The number of methoxy groups -OCH3 is 2. The molecule has 8 heteroatoms. The number of carbonyl (C=O) groups is 3. The molecule has 0 aliphatic carbocycles. The zero-order valence-electron chi connectivity index (χ0n) is 16.0. The molecule has 0 saturated carbocycles. The van der Waals surface area contributed by atoms with Crippen LogP contribution in [0, 0.1) is 0 Å². The molecule has 0 aromatic heterocycles. The number of benzene rings is 2. The molecule has 150 valence electrons. The van der Waals surface area contributed by atoms with Crippen molar-refractivity contribution in [3.8, 4) is 11.5 Å². The minimum absolute atomic E-state index is 0.152. The molecule has 2 aliphatic heterocycles. The molecule has 2 aromatic carbocycles. The molecule has 3 amide bonds. The SMILES string of the molecule is COc1cccc(OC)c1C(=O)N[C@@H]1COC[C@H]1N1C(=O)c2ccccc2C1=O. The first-order chi connectivity index (χ1) is 14.1. The van der Waals surface area contributed by atoms with Crippen LogP contribution < -0.4 is 14.8 Å². The molecule has 1 fully saturated rings. The summed E-state index contributed by atoms with van der Waals surface area (Å²) in [4.78, 5) is 39.8. The van der Waals surface area contributed by atoms with Crippen molar-refractivity contribution in [2.45, 2.75) is 12.1 Å². The van der Waals surface area contributed by atoms with Crippen LogP contribution in [0.25, 0.3) is 0 Å². The first kappa shape index (κ1) is 18.9. The molecule has 29 heavy (non-hydrogen) atoms. The van der Waals surface area contributed by atoms with Crippen LogP contribution >= 0.6 is 0 Å². The lowest BCUT2D eigenvalue weighted by Crippen LogP contribution is -2.53. The van der Waals surface area contributed by atoms with Gasteiger partial charge in [0.15, 0.2) is 0 Å². The van der Waals surface area contributed by atoms with Crippen molar-refractivity contribution in [2.75, 3.05) is 27.4 Å². The molecule has 0 unspecified atom stereocenters. The van der Waals surface area contributed by atoms with Gasteiger partial charge >= 0.3 is 0 Å². The fraction of sp³-hybridized carbons (Fsp3) is 0.286. The third kappa shape index (κ3) is 3.11. The summed E-state index contributed by atoms with van der Waals surface area (Å²) in [7, 11) is 2.93. The largest absolute Gasteiger partial charge is 0.496 e. The maximum Gasteiger partial charge on any atom is 0.261 e. The van der Waals surface area contributed by atoms with E-state index in [-0.39, 0.29) is 30.6 Å². The van der Waals surface area contributed by atoms with Crippen LogP contribution in [0.3, 0.4) is 0 Å². The monoisotopic (exact) mass is 396 g/mol. The Bertz CT molecular complexity index is 932. The highest BCUT2D eigenvalue weighted by Gasteiger charge is 2.45. The van der Waals surface area contributed by atoms with Crippen LogP contribution in [0.15, 0.2) is 42.5 Å². The van der Waals surface area contributed by atoms with Gasteiger partial charge < -0.3 is 19.5 Å². The Morgan fingerprint density at radius 2 is 1.55 bits per heavy atom. The van der Waals surface area contributed by atoms with Gasteiger partial charge in [-0.15, -0.1) is 0 Å². The number of amides is 3. The smallest absolute Gasteiger partial charge is 0.261 e. The normalized spacial score (nSPS) is 20.6. The van der Waals surface area contributed by atoms with Crippen molar-refractivity contribution in [2.24, 2.45) is 0 Å². The summed E-state index contributed by atoms with van der Waals surface area (Å²) >= 11 is 0. The number of hydrogen-bond donors (Lipinski definition) is 1. The van der Waals surface area contributed by atoms with Gasteiger partial charge in [0.05, 0.1) is 50.6 Å². The number of nitrogens with zero attached hydrogens (tertiary/aromatic N) is 1. The molecule has 4 rings (SSSR count). The zero-order valence-corrected chi connectivity index (χ0v) is 16.0. The Morgan fingerprint density at radius 1 is 0.966 bits per heavy atom. The highest BCUT2D eigenvalue weighted by Crippen LogP contribution is 2.30. The Hall–Kier alpha value is -3.39. The molecule has 8 nitrogen and oxygen atoms in total. The van der Waals surface area contributed by atoms with Crippen molar-refractivity contribution in [1.82, 2.24) is 10.2 Å². The first-order valence-corrected chi connectivity index (χ1v) is 9.13. The van der Waals surface area contributed by atoms with E-state index in [4.69, 9.17) is 14.2 Å². The molecule has 2 heterocycles. The third-order valence-corrected chi connectivity index (χ3v) is 5.18. The fourth-order valence-electron chi connectivity index (χ4n) is 3.76. The van der Waals surface area contributed by atoms with Crippen molar-refractivity contribution in [3.05, 3.63) is 59.2 Å². The van der Waals surface area contributed by atoms with E-state index in [9.17, 15) is 14.4 Å². The highest BCUT2D eigenvalue weighted by atomic mass is 16.5. The van der Waals surface area contributed by atoms with Crippen LogP contribution in [-0.4, -0.2) is 62.1 Å². The summed E-state index contributed by atoms with van der Waals surface area (Å²) in [5, 5.41) is 2.87. The molecule has 1 saturated heterocycles. The molecule has 0 bridgehead atoms. The topological polar surface area (TPSA) is 94.2 Å². The van der Waals surface area contributed by atoms with E-state index in [0.717, 1.165) is 0 Å². The maximum absolute atomic E-state index is 13.0. The van der Waals surface area contributed by atoms with Gasteiger partial charge in [-0.3, -0.25) is 19.3 Å². The molecule has 2 atom stereocenters. The van der Waals surface area contributed by atoms with Crippen LogP contribution in [0.5, 0.6) is 11.5 Å². The number of imide groups is 1. The van der Waals surface area contributed by atoms with Gasteiger partial charge in [-0.25, -0.2) is 0 Å². The standard InChI is InChI=1S/C21H20N2O6/c1-27-16-8-5-9-17(28-2)18(16)19(24)22-14-10-29-11-15(14)23-20(25)12-6-3-4-7-13(12)21(23)26/h3-9,14-15H,10-11H2,1-2H3,(H,22,24)/t14-,15-/m1/s1. The number of rotatable bonds is 5. The molecule has 2 aromatic rings. The average molecular weight is 396 g/mol. The van der Waals surface area contributed by atoms with Crippen molar-refractivity contribution < 1.29 is 28.6 Å². The van der Waals surface area contributed by atoms with E-state index in [1.54, 1.807) is 42.5 Å². The fourth-order valence-corrected chi connectivity index (χ4v) is 3.76. The second-order valence-electron chi connectivity index (χ2n) is 6.75. The molecule has 0 radical (unpaired) electrons. The second-order valence-corrected chi connectivity index (χ2v) is 6.75. The lowest BCUT2D eigenvalue weighted by molar-refractivity contribution is 0.0546. The van der Waals surface area contributed by atoms with E-state index >= 15 is 0 Å². The Balaban J connectivity index is 1.59. The Morgan fingerprint density at radius 3 is 2.10 bits per heavy atom. The van der Waals surface area contributed by atoms with Gasteiger partial charge in [0, 0.05) is 0 Å². The molecule has 0 spiro atoms. The van der Waals surface area contributed by atoms with Crippen LogP contribution in [0.4, 0.5) is 0 Å². The predicted octanol–water partition coefficient (Wildman–Crippen LogP) is 1.50. The lowest BCUT2D eigenvalue weighted by atomic mass is 10.1. The van der Waals surface area contributed by atoms with Crippen LogP contribution in [0.1, 0.15) is 31.1 Å². The third-order valence-electron chi connectivity index (χ3n) is 5.18. The summed E-state index contributed by atoms with van der Waals surface area (Å²) in [6, 6.07) is 10.5. The highest BCUT2D eigenvalue weighted by molar-refractivity contribution is 6.21. The minimum atomic E-state index is -0.605.